The van der Waals surface area contributed by atoms with Gasteiger partial charge in [-0.2, -0.15) is 0 Å². The molecule has 0 spiro atoms. The monoisotopic (exact) mass is 394 g/mol. The van der Waals surface area contributed by atoms with Gasteiger partial charge in [0.2, 0.25) is 5.11 Å². The first-order valence-corrected chi connectivity index (χ1v) is 7.98. The Morgan fingerprint density at radius 3 is 2.65 bits per heavy atom. The second-order valence-electron chi connectivity index (χ2n) is 4.60. The van der Waals surface area contributed by atoms with Crippen molar-refractivity contribution in [1.29, 1.82) is 0 Å². The highest BCUT2D eigenvalue weighted by atomic mass is 79.9. The van der Waals surface area contributed by atoms with E-state index < -0.39 is 0 Å². The Morgan fingerprint density at radius 2 is 2.00 bits per heavy atom. The lowest BCUT2D eigenvalue weighted by atomic mass is 10.2. The average molecular weight is 395 g/mol. The van der Waals surface area contributed by atoms with E-state index in [-0.39, 0.29) is 5.11 Å². The minimum atomic E-state index is 0.169. The van der Waals surface area contributed by atoms with Crippen molar-refractivity contribution in [3.8, 4) is 11.5 Å². The molecule has 0 aliphatic rings. The third kappa shape index (κ3) is 5.54. The summed E-state index contributed by atoms with van der Waals surface area (Å²) in [5.74, 6) is 1.32. The first kappa shape index (κ1) is 17.2. The molecule has 2 aromatic rings. The maximum absolute atomic E-state index is 5.82. The van der Waals surface area contributed by atoms with E-state index in [1.807, 2.05) is 42.5 Å². The van der Waals surface area contributed by atoms with Gasteiger partial charge in [0.25, 0.3) is 0 Å². The Morgan fingerprint density at radius 1 is 1.26 bits per heavy atom. The van der Waals surface area contributed by atoms with E-state index >= 15 is 0 Å². The number of halogens is 1. The van der Waals surface area contributed by atoms with Crippen LogP contribution in [0.5, 0.6) is 11.5 Å². The zero-order valence-electron chi connectivity index (χ0n) is 12.5. The molecule has 7 heteroatoms. The summed E-state index contributed by atoms with van der Waals surface area (Å²) in [4.78, 5) is 0. The molecule has 0 aliphatic carbocycles. The Kier molecular flexibility index (Phi) is 6.37. The second-order valence-corrected chi connectivity index (χ2v) is 5.96. The predicted molar refractivity (Wildman–Crippen MR) is 97.5 cm³/mol. The fraction of sp³-hybridized carbons (Fsp3) is 0.125. The molecular weight excluding hydrogens is 378 g/mol. The molecule has 0 atom stereocenters. The fourth-order valence-electron chi connectivity index (χ4n) is 1.83. The number of hydrazine groups is 1. The van der Waals surface area contributed by atoms with Crippen LogP contribution in [-0.4, -0.2) is 18.4 Å². The van der Waals surface area contributed by atoms with Crippen LogP contribution in [0.3, 0.4) is 0 Å². The van der Waals surface area contributed by atoms with Gasteiger partial charge in [0, 0.05) is 10.0 Å². The van der Waals surface area contributed by atoms with Gasteiger partial charge in [-0.15, -0.1) is 10.5 Å². The second kappa shape index (κ2) is 8.50. The van der Waals surface area contributed by atoms with Gasteiger partial charge >= 0.3 is 0 Å². The minimum Gasteiger partial charge on any atom is -0.493 e. The highest BCUT2D eigenvalue weighted by molar-refractivity contribution is 9.10. The predicted octanol–water partition coefficient (Wildman–Crippen LogP) is 1.28. The maximum atomic E-state index is 5.82. The summed E-state index contributed by atoms with van der Waals surface area (Å²) < 4.78 is 12.2. The van der Waals surface area contributed by atoms with Gasteiger partial charge in [0.15, 0.2) is 17.7 Å². The largest absolute Gasteiger partial charge is 0.493 e. The highest BCUT2D eigenvalue weighted by Gasteiger charge is 2.07. The maximum Gasteiger partial charge on any atom is 0.221 e. The molecule has 0 heterocycles. The lowest BCUT2D eigenvalue weighted by Gasteiger charge is -2.11. The molecule has 0 aromatic heterocycles. The van der Waals surface area contributed by atoms with Gasteiger partial charge in [0.1, 0.15) is 6.61 Å². The van der Waals surface area contributed by atoms with Crippen LogP contribution in [0.2, 0.25) is 0 Å². The number of methoxy groups -OCH3 is 1. The first-order chi connectivity index (χ1) is 11.1. The van der Waals surface area contributed by atoms with Crippen LogP contribution in [-0.2, 0) is 6.61 Å². The van der Waals surface area contributed by atoms with Crippen molar-refractivity contribution in [2.24, 2.45) is 5.73 Å². The summed E-state index contributed by atoms with van der Waals surface area (Å²) in [5.41, 5.74) is 9.92. The Bertz CT molecular complexity index is 705. The van der Waals surface area contributed by atoms with Crippen molar-refractivity contribution in [3.05, 3.63) is 58.1 Å². The molecule has 4 N–H and O–H groups in total. The number of nitrogens with two attached hydrogens (primary N) is 1. The number of rotatable bonds is 6. The van der Waals surface area contributed by atoms with E-state index in [4.69, 9.17) is 27.4 Å². The van der Waals surface area contributed by atoms with Crippen molar-refractivity contribution < 1.29 is 14.6 Å². The molecule has 120 valence electrons. The number of nitrogens with one attached hydrogen (secondary N) is 2. The summed E-state index contributed by atoms with van der Waals surface area (Å²) in [6.45, 7) is 0.466. The summed E-state index contributed by atoms with van der Waals surface area (Å²) >= 11 is 8.12. The van der Waals surface area contributed by atoms with Crippen LogP contribution >= 0.6 is 28.1 Å². The molecule has 2 rings (SSSR count). The Labute approximate surface area is 148 Å². The molecule has 0 fully saturated rings. The average Bonchev–Trinajstić information content (AvgIpc) is 2.54. The summed E-state index contributed by atoms with van der Waals surface area (Å²) in [6, 6.07) is 13.6. The summed E-state index contributed by atoms with van der Waals surface area (Å²) in [6.07, 6.45) is 1.72. The fourth-order valence-corrected chi connectivity index (χ4v) is 2.15. The minimum absolute atomic E-state index is 0.169. The summed E-state index contributed by atoms with van der Waals surface area (Å²) in [5, 5.41) is 2.96. The number of hydrogen-bond donors (Lipinski definition) is 3. The molecule has 0 aliphatic heterocycles. The summed E-state index contributed by atoms with van der Waals surface area (Å²) in [7, 11) is 1.60. The zero-order chi connectivity index (χ0) is 16.7. The molecule has 0 saturated heterocycles. The quantitative estimate of drug-likeness (QED) is 0.391. The SMILES string of the molecule is COc1cc(C=[NH+]NC(N)=S)ccc1OCc1ccc(Br)cc1. The van der Waals surface area contributed by atoms with E-state index in [0.717, 1.165) is 15.6 Å². The molecule has 2 aromatic carbocycles. The normalized spacial score (nSPS) is 10.5. The highest BCUT2D eigenvalue weighted by Crippen LogP contribution is 2.28. The third-order valence-electron chi connectivity index (χ3n) is 2.93. The third-order valence-corrected chi connectivity index (χ3v) is 3.56. The Balaban J connectivity index is 2.05. The topological polar surface area (TPSA) is 70.5 Å². The zero-order valence-corrected chi connectivity index (χ0v) is 14.9. The standard InChI is InChI=1S/C16H16BrN3O2S/c1-21-15-8-12(9-19-20-16(18)23)4-7-14(15)22-10-11-2-5-13(17)6-3-11/h2-9H,10H2,1H3,(H3,18,20,23)/p+1. The van der Waals surface area contributed by atoms with Gasteiger partial charge in [0.05, 0.1) is 7.11 Å². The van der Waals surface area contributed by atoms with Crippen molar-refractivity contribution >= 4 is 39.5 Å². The lowest BCUT2D eigenvalue weighted by Crippen LogP contribution is -2.82. The van der Waals surface area contributed by atoms with Crippen molar-refractivity contribution in [1.82, 2.24) is 5.43 Å². The van der Waals surface area contributed by atoms with Crippen molar-refractivity contribution in [2.45, 2.75) is 6.61 Å². The molecule has 23 heavy (non-hydrogen) atoms. The van der Waals surface area contributed by atoms with Crippen LogP contribution < -0.4 is 25.7 Å². The number of benzene rings is 2. The number of hydrogen-bond acceptors (Lipinski definition) is 3. The van der Waals surface area contributed by atoms with E-state index in [1.165, 1.54) is 0 Å². The van der Waals surface area contributed by atoms with Crippen molar-refractivity contribution in [2.75, 3.05) is 7.11 Å². The van der Waals surface area contributed by atoms with Crippen LogP contribution in [0.1, 0.15) is 11.1 Å². The molecule has 5 nitrogen and oxygen atoms in total. The van der Waals surface area contributed by atoms with Crippen molar-refractivity contribution in [3.63, 3.8) is 0 Å². The van der Waals surface area contributed by atoms with Crippen LogP contribution in [0.25, 0.3) is 0 Å². The number of ether oxygens (including phenoxy) is 2. The van der Waals surface area contributed by atoms with Gasteiger partial charge in [-0.1, -0.05) is 28.1 Å². The van der Waals surface area contributed by atoms with E-state index in [0.29, 0.717) is 18.1 Å². The molecule has 0 radical (unpaired) electrons. The van der Waals surface area contributed by atoms with Crippen LogP contribution in [0.15, 0.2) is 46.9 Å². The molecule has 0 unspecified atom stereocenters. The van der Waals surface area contributed by atoms with Crippen LogP contribution in [0.4, 0.5) is 0 Å². The van der Waals surface area contributed by atoms with Gasteiger partial charge in [-0.3, -0.25) is 0 Å². The first-order valence-electron chi connectivity index (χ1n) is 6.78. The number of thiocarbonyl (C=S) groups is 1. The van der Waals surface area contributed by atoms with Crippen LogP contribution in [0, 0.1) is 0 Å². The molecule has 0 bridgehead atoms. The van der Waals surface area contributed by atoms with E-state index in [2.05, 4.69) is 26.5 Å². The van der Waals surface area contributed by atoms with E-state index in [1.54, 1.807) is 13.3 Å². The van der Waals surface area contributed by atoms with E-state index in [9.17, 15) is 0 Å². The lowest BCUT2D eigenvalue weighted by molar-refractivity contribution is -0.499. The smallest absolute Gasteiger partial charge is 0.221 e. The Hall–Kier alpha value is -2.12. The molecule has 0 saturated carbocycles. The number of hydrazone groups is 1. The molecule has 0 amide bonds. The van der Waals surface area contributed by atoms with Gasteiger partial charge < -0.3 is 15.2 Å². The van der Waals surface area contributed by atoms with Gasteiger partial charge in [-0.05, 0) is 48.1 Å². The molecular formula is C16H17BrN3O2S+. The van der Waals surface area contributed by atoms with Gasteiger partial charge in [-0.25, -0.2) is 0 Å².